The van der Waals surface area contributed by atoms with Crippen molar-refractivity contribution >= 4 is 5.69 Å². The van der Waals surface area contributed by atoms with Gasteiger partial charge in [0, 0.05) is 18.9 Å². The van der Waals surface area contributed by atoms with Gasteiger partial charge in [-0.05, 0) is 24.1 Å². The van der Waals surface area contributed by atoms with Crippen LogP contribution >= 0.6 is 0 Å². The molecule has 0 aliphatic heterocycles. The zero-order chi connectivity index (χ0) is 12.1. The highest BCUT2D eigenvalue weighted by atomic mass is 15.3. The Morgan fingerprint density at radius 3 is 2.88 bits per heavy atom. The molecule has 1 unspecified atom stereocenters. The number of aromatic nitrogens is 3. The predicted octanol–water partition coefficient (Wildman–Crippen LogP) is 2.73. The van der Waals surface area contributed by atoms with E-state index >= 15 is 0 Å². The standard InChI is InChI=1S/C13H18N4/c1-3-11(2)9-14-12-5-6-13(15-10-12)17-8-4-7-16-17/h4-8,10-11,14H,3,9H2,1-2H3. The minimum absolute atomic E-state index is 0.681. The van der Waals surface area contributed by atoms with Crippen LogP contribution in [0.4, 0.5) is 5.69 Å². The highest BCUT2D eigenvalue weighted by molar-refractivity contribution is 5.43. The molecule has 90 valence electrons. The molecule has 0 fully saturated rings. The number of pyridine rings is 1. The lowest BCUT2D eigenvalue weighted by Crippen LogP contribution is -2.10. The fourth-order valence-corrected chi connectivity index (χ4v) is 1.47. The number of hydrogen-bond acceptors (Lipinski definition) is 3. The van der Waals surface area contributed by atoms with Gasteiger partial charge in [0.25, 0.3) is 0 Å². The molecule has 0 spiro atoms. The smallest absolute Gasteiger partial charge is 0.153 e. The molecule has 0 aliphatic carbocycles. The molecular formula is C13H18N4. The molecule has 2 heterocycles. The number of anilines is 1. The first-order chi connectivity index (χ1) is 8.29. The fraction of sp³-hybridized carbons (Fsp3) is 0.385. The largest absolute Gasteiger partial charge is 0.384 e. The topological polar surface area (TPSA) is 42.7 Å². The van der Waals surface area contributed by atoms with Gasteiger partial charge in [0.15, 0.2) is 5.82 Å². The van der Waals surface area contributed by atoms with Crippen molar-refractivity contribution in [2.24, 2.45) is 5.92 Å². The Bertz CT molecular complexity index is 433. The summed E-state index contributed by atoms with van der Waals surface area (Å²) in [6, 6.07) is 5.88. The van der Waals surface area contributed by atoms with Crippen molar-refractivity contribution in [2.45, 2.75) is 20.3 Å². The lowest BCUT2D eigenvalue weighted by atomic mass is 10.1. The normalized spacial score (nSPS) is 12.4. The molecule has 0 saturated carbocycles. The summed E-state index contributed by atoms with van der Waals surface area (Å²) in [4.78, 5) is 4.36. The first-order valence-corrected chi connectivity index (χ1v) is 5.99. The molecule has 0 amide bonds. The van der Waals surface area contributed by atoms with E-state index in [0.717, 1.165) is 18.1 Å². The van der Waals surface area contributed by atoms with Crippen molar-refractivity contribution < 1.29 is 0 Å². The number of hydrogen-bond donors (Lipinski definition) is 1. The van der Waals surface area contributed by atoms with Gasteiger partial charge in [-0.25, -0.2) is 9.67 Å². The van der Waals surface area contributed by atoms with E-state index in [0.29, 0.717) is 5.92 Å². The summed E-state index contributed by atoms with van der Waals surface area (Å²) in [6.45, 7) is 5.42. The van der Waals surface area contributed by atoms with Crippen LogP contribution in [0.5, 0.6) is 0 Å². The minimum Gasteiger partial charge on any atom is -0.384 e. The summed E-state index contributed by atoms with van der Waals surface area (Å²) in [6.07, 6.45) is 6.66. The number of nitrogens with one attached hydrogen (secondary N) is 1. The summed E-state index contributed by atoms with van der Waals surface area (Å²) in [5.74, 6) is 1.52. The fourth-order valence-electron chi connectivity index (χ4n) is 1.47. The van der Waals surface area contributed by atoms with E-state index in [-0.39, 0.29) is 0 Å². The quantitative estimate of drug-likeness (QED) is 0.858. The van der Waals surface area contributed by atoms with E-state index in [9.17, 15) is 0 Å². The van der Waals surface area contributed by atoms with Gasteiger partial charge in [0.2, 0.25) is 0 Å². The first kappa shape index (κ1) is 11.6. The van der Waals surface area contributed by atoms with Crippen LogP contribution in [0.3, 0.4) is 0 Å². The Hall–Kier alpha value is -1.84. The van der Waals surface area contributed by atoms with Crippen LogP contribution in [0.25, 0.3) is 5.82 Å². The molecule has 0 aliphatic rings. The van der Waals surface area contributed by atoms with Gasteiger partial charge in [-0.15, -0.1) is 0 Å². The second kappa shape index (κ2) is 5.48. The van der Waals surface area contributed by atoms with Crippen molar-refractivity contribution in [3.05, 3.63) is 36.8 Å². The van der Waals surface area contributed by atoms with Crippen LogP contribution in [0.2, 0.25) is 0 Å². The van der Waals surface area contributed by atoms with Gasteiger partial charge in [-0.2, -0.15) is 5.10 Å². The molecule has 2 rings (SSSR count). The molecule has 2 aromatic rings. The average molecular weight is 230 g/mol. The van der Waals surface area contributed by atoms with Gasteiger partial charge < -0.3 is 5.32 Å². The Kier molecular flexibility index (Phi) is 3.75. The van der Waals surface area contributed by atoms with Crippen molar-refractivity contribution in [3.8, 4) is 5.82 Å². The van der Waals surface area contributed by atoms with E-state index in [1.807, 2.05) is 30.6 Å². The molecule has 0 radical (unpaired) electrons. The molecule has 4 heteroatoms. The van der Waals surface area contributed by atoms with Gasteiger partial charge in [-0.1, -0.05) is 20.3 Å². The molecule has 0 bridgehead atoms. The maximum absolute atomic E-state index is 4.36. The monoisotopic (exact) mass is 230 g/mol. The van der Waals surface area contributed by atoms with Crippen LogP contribution in [-0.4, -0.2) is 21.3 Å². The zero-order valence-electron chi connectivity index (χ0n) is 10.3. The molecule has 17 heavy (non-hydrogen) atoms. The van der Waals surface area contributed by atoms with Crippen LogP contribution in [-0.2, 0) is 0 Å². The highest BCUT2D eigenvalue weighted by Gasteiger charge is 2.00. The Labute approximate surface area is 102 Å². The summed E-state index contributed by atoms with van der Waals surface area (Å²) in [5, 5.41) is 7.51. The molecule has 0 saturated heterocycles. The van der Waals surface area contributed by atoms with Crippen molar-refractivity contribution in [1.29, 1.82) is 0 Å². The molecule has 2 aromatic heterocycles. The van der Waals surface area contributed by atoms with Crippen molar-refractivity contribution in [3.63, 3.8) is 0 Å². The van der Waals surface area contributed by atoms with Gasteiger partial charge >= 0.3 is 0 Å². The van der Waals surface area contributed by atoms with Gasteiger partial charge in [0.1, 0.15) is 0 Å². The van der Waals surface area contributed by atoms with E-state index in [2.05, 4.69) is 29.2 Å². The highest BCUT2D eigenvalue weighted by Crippen LogP contribution is 2.10. The summed E-state index contributed by atoms with van der Waals surface area (Å²) in [5.41, 5.74) is 1.06. The van der Waals surface area contributed by atoms with E-state index < -0.39 is 0 Å². The molecule has 0 aromatic carbocycles. The number of rotatable bonds is 5. The Balaban J connectivity index is 1.99. The van der Waals surface area contributed by atoms with Crippen molar-refractivity contribution in [1.82, 2.24) is 14.8 Å². The summed E-state index contributed by atoms with van der Waals surface area (Å²) in [7, 11) is 0. The minimum atomic E-state index is 0.681. The number of nitrogens with zero attached hydrogens (tertiary/aromatic N) is 3. The summed E-state index contributed by atoms with van der Waals surface area (Å²) < 4.78 is 1.75. The Morgan fingerprint density at radius 1 is 1.41 bits per heavy atom. The first-order valence-electron chi connectivity index (χ1n) is 5.99. The van der Waals surface area contributed by atoms with Crippen LogP contribution < -0.4 is 5.32 Å². The van der Waals surface area contributed by atoms with Gasteiger partial charge in [0.05, 0.1) is 11.9 Å². The van der Waals surface area contributed by atoms with Gasteiger partial charge in [-0.3, -0.25) is 0 Å². The Morgan fingerprint density at radius 2 is 2.29 bits per heavy atom. The molecular weight excluding hydrogens is 212 g/mol. The van der Waals surface area contributed by atoms with E-state index in [4.69, 9.17) is 0 Å². The maximum Gasteiger partial charge on any atom is 0.153 e. The molecule has 1 N–H and O–H groups in total. The third-order valence-corrected chi connectivity index (χ3v) is 2.84. The zero-order valence-corrected chi connectivity index (χ0v) is 10.3. The molecule has 4 nitrogen and oxygen atoms in total. The summed E-state index contributed by atoms with van der Waals surface area (Å²) >= 11 is 0. The second-order valence-electron chi connectivity index (χ2n) is 4.25. The van der Waals surface area contributed by atoms with Crippen LogP contribution in [0, 0.1) is 5.92 Å². The third kappa shape index (κ3) is 3.06. The molecule has 1 atom stereocenters. The van der Waals surface area contributed by atoms with E-state index in [1.54, 1.807) is 10.9 Å². The van der Waals surface area contributed by atoms with Crippen molar-refractivity contribution in [2.75, 3.05) is 11.9 Å². The van der Waals surface area contributed by atoms with Crippen LogP contribution in [0.1, 0.15) is 20.3 Å². The van der Waals surface area contributed by atoms with E-state index in [1.165, 1.54) is 6.42 Å². The SMILES string of the molecule is CCC(C)CNc1ccc(-n2cccn2)nc1. The maximum atomic E-state index is 4.36. The van der Waals surface area contributed by atoms with Crippen LogP contribution in [0.15, 0.2) is 36.8 Å². The lowest BCUT2D eigenvalue weighted by molar-refractivity contribution is 0.593. The average Bonchev–Trinajstić information content (AvgIpc) is 2.90. The third-order valence-electron chi connectivity index (χ3n) is 2.84. The second-order valence-corrected chi connectivity index (χ2v) is 4.25. The predicted molar refractivity (Wildman–Crippen MR) is 69.3 cm³/mol. The lowest BCUT2D eigenvalue weighted by Gasteiger charge is -2.11.